The van der Waals surface area contributed by atoms with E-state index in [1.165, 1.54) is 38.5 Å². The van der Waals surface area contributed by atoms with Crippen molar-refractivity contribution in [2.75, 3.05) is 52.5 Å². The van der Waals surface area contributed by atoms with Gasteiger partial charge < -0.3 is 19.3 Å². The number of Topliss-reactive ketones (excluding diaryl/α,β-unsaturated/α-hetero) is 2. The molecule has 2 atom stereocenters. The van der Waals surface area contributed by atoms with Crippen LogP contribution in [0.1, 0.15) is 112 Å². The van der Waals surface area contributed by atoms with Gasteiger partial charge in [-0.2, -0.15) is 0 Å². The SMILES string of the molecule is CCCCOc1ccc(C(=O)C(CCC(CN2CCCCC2)C(=O)c2ccc(OCCCC)cc2)CN2CCCCC2)cc1. The van der Waals surface area contributed by atoms with Gasteiger partial charge in [0.2, 0.25) is 0 Å². The minimum absolute atomic E-state index is 0.133. The highest BCUT2D eigenvalue weighted by molar-refractivity contribution is 5.99. The lowest BCUT2D eigenvalue weighted by atomic mass is 9.85. The summed E-state index contributed by atoms with van der Waals surface area (Å²) >= 11 is 0. The number of rotatable bonds is 19. The Kier molecular flexibility index (Phi) is 14.7. The summed E-state index contributed by atoms with van der Waals surface area (Å²) in [5.74, 6) is 1.74. The lowest BCUT2D eigenvalue weighted by Crippen LogP contribution is -2.39. The van der Waals surface area contributed by atoms with Crippen molar-refractivity contribution in [2.45, 2.75) is 90.9 Å². The molecule has 4 rings (SSSR count). The molecule has 2 aliphatic rings. The van der Waals surface area contributed by atoms with Gasteiger partial charge in [-0.25, -0.2) is 0 Å². The van der Waals surface area contributed by atoms with E-state index in [0.717, 1.165) is 87.6 Å². The van der Waals surface area contributed by atoms with Gasteiger partial charge in [-0.15, -0.1) is 0 Å². The topological polar surface area (TPSA) is 59.1 Å². The quantitative estimate of drug-likeness (QED) is 0.119. The molecular weight excluding hydrogens is 548 g/mol. The van der Waals surface area contributed by atoms with E-state index in [1.54, 1.807) is 0 Å². The predicted octanol–water partition coefficient (Wildman–Crippen LogP) is 8.09. The molecule has 0 aliphatic carbocycles. The first kappa shape index (κ1) is 34.2. The van der Waals surface area contributed by atoms with Crippen molar-refractivity contribution < 1.29 is 19.1 Å². The summed E-state index contributed by atoms with van der Waals surface area (Å²) in [6, 6.07) is 15.4. The van der Waals surface area contributed by atoms with Gasteiger partial charge in [-0.3, -0.25) is 9.59 Å². The van der Waals surface area contributed by atoms with Crippen LogP contribution in [0.4, 0.5) is 0 Å². The number of carbonyl (C=O) groups excluding carboxylic acids is 2. The number of ketones is 2. The van der Waals surface area contributed by atoms with E-state index in [0.29, 0.717) is 26.1 Å². The van der Waals surface area contributed by atoms with Gasteiger partial charge in [-0.1, -0.05) is 39.5 Å². The second-order valence-electron chi connectivity index (χ2n) is 12.9. The zero-order chi connectivity index (χ0) is 31.0. The molecule has 2 fully saturated rings. The molecule has 2 unspecified atom stereocenters. The summed E-state index contributed by atoms with van der Waals surface area (Å²) in [5.41, 5.74) is 1.49. The number of piperidine rings is 2. The minimum Gasteiger partial charge on any atom is -0.494 e. The van der Waals surface area contributed by atoms with E-state index < -0.39 is 0 Å². The van der Waals surface area contributed by atoms with Crippen LogP contribution in [0.5, 0.6) is 11.5 Å². The fraction of sp³-hybridized carbons (Fsp3) is 0.632. The highest BCUT2D eigenvalue weighted by atomic mass is 16.5. The number of hydrogen-bond donors (Lipinski definition) is 0. The molecule has 0 N–H and O–H groups in total. The Hall–Kier alpha value is -2.70. The van der Waals surface area contributed by atoms with Crippen molar-refractivity contribution in [3.8, 4) is 11.5 Å². The van der Waals surface area contributed by atoms with Crippen LogP contribution in [-0.2, 0) is 0 Å². The third-order valence-corrected chi connectivity index (χ3v) is 9.27. The molecule has 6 heteroatoms. The summed E-state index contributed by atoms with van der Waals surface area (Å²) in [7, 11) is 0. The maximum atomic E-state index is 14.0. The van der Waals surface area contributed by atoms with E-state index in [9.17, 15) is 9.59 Å². The van der Waals surface area contributed by atoms with Crippen molar-refractivity contribution in [1.82, 2.24) is 9.80 Å². The van der Waals surface area contributed by atoms with Crippen LogP contribution in [-0.4, -0.2) is 73.8 Å². The number of carbonyl (C=O) groups is 2. The van der Waals surface area contributed by atoms with Gasteiger partial charge in [0, 0.05) is 36.1 Å². The van der Waals surface area contributed by atoms with Crippen molar-refractivity contribution >= 4 is 11.6 Å². The highest BCUT2D eigenvalue weighted by Crippen LogP contribution is 2.26. The van der Waals surface area contributed by atoms with Crippen LogP contribution in [0.2, 0.25) is 0 Å². The van der Waals surface area contributed by atoms with Gasteiger partial charge in [0.25, 0.3) is 0 Å². The molecule has 242 valence electrons. The van der Waals surface area contributed by atoms with Crippen LogP contribution in [0, 0.1) is 11.8 Å². The van der Waals surface area contributed by atoms with E-state index in [2.05, 4.69) is 23.6 Å². The Bertz CT molecular complexity index is 1020. The largest absolute Gasteiger partial charge is 0.494 e. The fourth-order valence-electron chi connectivity index (χ4n) is 6.49. The molecule has 2 saturated heterocycles. The molecule has 0 amide bonds. The smallest absolute Gasteiger partial charge is 0.167 e. The van der Waals surface area contributed by atoms with E-state index >= 15 is 0 Å². The molecule has 2 aromatic carbocycles. The third-order valence-electron chi connectivity index (χ3n) is 9.27. The number of unbranched alkanes of at least 4 members (excludes halogenated alkanes) is 2. The molecule has 0 spiro atoms. The zero-order valence-corrected chi connectivity index (χ0v) is 27.4. The van der Waals surface area contributed by atoms with Crippen LogP contribution >= 0.6 is 0 Å². The first-order valence-electron chi connectivity index (χ1n) is 17.6. The lowest BCUT2D eigenvalue weighted by Gasteiger charge is -2.32. The van der Waals surface area contributed by atoms with Gasteiger partial charge in [-0.05, 0) is 126 Å². The Morgan fingerprint density at radius 2 is 0.955 bits per heavy atom. The predicted molar refractivity (Wildman–Crippen MR) is 179 cm³/mol. The van der Waals surface area contributed by atoms with E-state index in [4.69, 9.17) is 9.47 Å². The number of benzene rings is 2. The lowest BCUT2D eigenvalue weighted by molar-refractivity contribution is 0.0793. The van der Waals surface area contributed by atoms with Crippen LogP contribution in [0.15, 0.2) is 48.5 Å². The zero-order valence-electron chi connectivity index (χ0n) is 27.4. The van der Waals surface area contributed by atoms with Crippen molar-refractivity contribution in [2.24, 2.45) is 11.8 Å². The van der Waals surface area contributed by atoms with Crippen LogP contribution < -0.4 is 9.47 Å². The molecule has 6 nitrogen and oxygen atoms in total. The molecule has 0 radical (unpaired) electrons. The normalized spacial score (nSPS) is 17.6. The number of ether oxygens (including phenoxy) is 2. The van der Waals surface area contributed by atoms with Crippen molar-refractivity contribution in [3.63, 3.8) is 0 Å². The molecule has 0 saturated carbocycles. The first-order chi connectivity index (χ1) is 21.6. The van der Waals surface area contributed by atoms with E-state index in [1.807, 2.05) is 48.5 Å². The summed E-state index contributed by atoms with van der Waals surface area (Å²) in [4.78, 5) is 32.9. The Balaban J connectivity index is 1.47. The molecule has 44 heavy (non-hydrogen) atoms. The summed E-state index contributed by atoms with van der Waals surface area (Å²) in [6.07, 6.45) is 13.0. The third kappa shape index (κ3) is 11.0. The number of nitrogens with zero attached hydrogens (tertiary/aromatic N) is 2. The Morgan fingerprint density at radius 1 is 0.591 bits per heavy atom. The Morgan fingerprint density at radius 3 is 1.30 bits per heavy atom. The second-order valence-corrected chi connectivity index (χ2v) is 12.9. The highest BCUT2D eigenvalue weighted by Gasteiger charge is 2.29. The Labute approximate surface area is 266 Å². The van der Waals surface area contributed by atoms with Gasteiger partial charge in [0.15, 0.2) is 11.6 Å². The van der Waals surface area contributed by atoms with Gasteiger partial charge in [0.05, 0.1) is 13.2 Å². The average Bonchev–Trinajstić information content (AvgIpc) is 3.07. The maximum absolute atomic E-state index is 14.0. The number of likely N-dealkylation sites (tertiary alicyclic amines) is 2. The average molecular weight is 605 g/mol. The molecule has 0 bridgehead atoms. The summed E-state index contributed by atoms with van der Waals surface area (Å²) < 4.78 is 11.7. The summed E-state index contributed by atoms with van der Waals surface area (Å²) in [5, 5.41) is 0. The maximum Gasteiger partial charge on any atom is 0.167 e. The standard InChI is InChI=1S/C38H56N2O4/c1-3-5-27-43-35-19-15-31(16-20-35)37(41)33(29-39-23-9-7-10-24-39)13-14-34(30-40-25-11-8-12-26-40)38(42)32-17-21-36(22-18-32)44-28-6-4-2/h15-22,33-34H,3-14,23-30H2,1-2H3. The molecule has 2 aliphatic heterocycles. The van der Waals surface area contributed by atoms with Crippen LogP contribution in [0.3, 0.4) is 0 Å². The molecule has 2 heterocycles. The molecule has 0 aromatic heterocycles. The van der Waals surface area contributed by atoms with Gasteiger partial charge in [0.1, 0.15) is 11.5 Å². The van der Waals surface area contributed by atoms with Crippen molar-refractivity contribution in [1.29, 1.82) is 0 Å². The number of hydrogen-bond acceptors (Lipinski definition) is 6. The minimum atomic E-state index is -0.133. The monoisotopic (exact) mass is 604 g/mol. The second kappa shape index (κ2) is 19.0. The summed E-state index contributed by atoms with van der Waals surface area (Å²) in [6.45, 7) is 11.4. The van der Waals surface area contributed by atoms with Crippen molar-refractivity contribution in [3.05, 3.63) is 59.7 Å². The first-order valence-corrected chi connectivity index (χ1v) is 17.6. The molecular formula is C38H56N2O4. The fourth-order valence-corrected chi connectivity index (χ4v) is 6.49. The molecule has 2 aromatic rings. The van der Waals surface area contributed by atoms with Crippen LogP contribution in [0.25, 0.3) is 0 Å². The van der Waals surface area contributed by atoms with E-state index in [-0.39, 0.29) is 23.4 Å². The van der Waals surface area contributed by atoms with Gasteiger partial charge >= 0.3 is 0 Å².